The number of carbonyl (C=O) groups excluding carboxylic acids is 2. The molecule has 0 aromatic heterocycles. The molecule has 18 heavy (non-hydrogen) atoms. The fraction of sp³-hybridized carbons (Fsp3) is 0.800. The molecule has 1 saturated heterocycles. The Labute approximate surface area is 107 Å². The standard InChI is InChI=1S/C10H19N3O4S/c1-8(7-18(2,16)17)12-9(14)10(15)13-5-3-11-4-6-13/h8,11H,3-7H2,1-2H3,(H,12,14). The van der Waals surface area contributed by atoms with Crippen molar-refractivity contribution < 1.29 is 18.0 Å². The molecule has 1 rings (SSSR count). The summed E-state index contributed by atoms with van der Waals surface area (Å²) in [5.41, 5.74) is 0. The monoisotopic (exact) mass is 277 g/mol. The SMILES string of the molecule is CC(CS(C)(=O)=O)NC(=O)C(=O)N1CCNCC1. The lowest BCUT2D eigenvalue weighted by Gasteiger charge is -2.27. The maximum absolute atomic E-state index is 11.7. The fourth-order valence-electron chi connectivity index (χ4n) is 1.79. The zero-order valence-electron chi connectivity index (χ0n) is 10.6. The molecule has 104 valence electrons. The van der Waals surface area contributed by atoms with E-state index in [0.29, 0.717) is 26.2 Å². The van der Waals surface area contributed by atoms with Crippen molar-refractivity contribution in [3.05, 3.63) is 0 Å². The molecule has 0 aliphatic carbocycles. The molecule has 1 fully saturated rings. The van der Waals surface area contributed by atoms with Crippen molar-refractivity contribution in [2.24, 2.45) is 0 Å². The molecule has 2 N–H and O–H groups in total. The zero-order chi connectivity index (χ0) is 13.8. The highest BCUT2D eigenvalue weighted by atomic mass is 32.2. The quantitative estimate of drug-likeness (QED) is 0.580. The summed E-state index contributed by atoms with van der Waals surface area (Å²) in [7, 11) is -3.17. The van der Waals surface area contributed by atoms with Crippen molar-refractivity contribution in [3.8, 4) is 0 Å². The number of rotatable bonds is 3. The van der Waals surface area contributed by atoms with Gasteiger partial charge >= 0.3 is 11.8 Å². The van der Waals surface area contributed by atoms with E-state index in [2.05, 4.69) is 10.6 Å². The Kier molecular flexibility index (Phi) is 5.09. The van der Waals surface area contributed by atoms with Gasteiger partial charge in [0.15, 0.2) is 0 Å². The summed E-state index contributed by atoms with van der Waals surface area (Å²) in [5.74, 6) is -1.52. The van der Waals surface area contributed by atoms with Crippen LogP contribution < -0.4 is 10.6 Å². The van der Waals surface area contributed by atoms with Gasteiger partial charge in [0.25, 0.3) is 0 Å². The summed E-state index contributed by atoms with van der Waals surface area (Å²) in [4.78, 5) is 24.8. The van der Waals surface area contributed by atoms with Crippen LogP contribution >= 0.6 is 0 Å². The second kappa shape index (κ2) is 6.14. The average Bonchev–Trinajstić information content (AvgIpc) is 2.26. The van der Waals surface area contributed by atoms with E-state index in [-0.39, 0.29) is 5.75 Å². The molecular weight excluding hydrogens is 258 g/mol. The summed E-state index contributed by atoms with van der Waals surface area (Å²) in [5, 5.41) is 5.48. The lowest BCUT2D eigenvalue weighted by Crippen LogP contribution is -2.52. The van der Waals surface area contributed by atoms with E-state index in [1.807, 2.05) is 0 Å². The second-order valence-corrected chi connectivity index (χ2v) is 6.69. The van der Waals surface area contributed by atoms with Gasteiger partial charge < -0.3 is 15.5 Å². The largest absolute Gasteiger partial charge is 0.344 e. The van der Waals surface area contributed by atoms with Crippen molar-refractivity contribution in [1.29, 1.82) is 0 Å². The molecule has 8 heteroatoms. The smallest absolute Gasteiger partial charge is 0.311 e. The van der Waals surface area contributed by atoms with Gasteiger partial charge in [0, 0.05) is 38.5 Å². The van der Waals surface area contributed by atoms with Gasteiger partial charge in [-0.1, -0.05) is 0 Å². The van der Waals surface area contributed by atoms with Gasteiger partial charge in [-0.05, 0) is 6.92 Å². The molecule has 0 aromatic carbocycles. The topological polar surface area (TPSA) is 95.6 Å². The second-order valence-electron chi connectivity index (χ2n) is 4.51. The Hall–Kier alpha value is -1.15. The Bertz CT molecular complexity index is 415. The number of piperazine rings is 1. The van der Waals surface area contributed by atoms with Crippen LogP contribution in [-0.2, 0) is 19.4 Å². The Morgan fingerprint density at radius 1 is 1.33 bits per heavy atom. The fourth-order valence-corrected chi connectivity index (χ4v) is 2.78. The number of nitrogens with one attached hydrogen (secondary N) is 2. The van der Waals surface area contributed by atoms with Crippen LogP contribution in [0.1, 0.15) is 6.92 Å². The highest BCUT2D eigenvalue weighted by molar-refractivity contribution is 7.90. The number of nitrogens with zero attached hydrogens (tertiary/aromatic N) is 1. The maximum Gasteiger partial charge on any atom is 0.311 e. The molecular formula is C10H19N3O4S. The number of hydrogen-bond acceptors (Lipinski definition) is 5. The summed E-state index contributed by atoms with van der Waals surface area (Å²) in [6.45, 7) is 3.87. The molecule has 0 aromatic rings. The summed E-state index contributed by atoms with van der Waals surface area (Å²) in [6, 6.07) is -0.570. The van der Waals surface area contributed by atoms with Crippen molar-refractivity contribution >= 4 is 21.7 Å². The van der Waals surface area contributed by atoms with Gasteiger partial charge in [0.1, 0.15) is 9.84 Å². The minimum Gasteiger partial charge on any atom is -0.344 e. The first kappa shape index (κ1) is 14.9. The first-order valence-corrected chi connectivity index (χ1v) is 7.84. The van der Waals surface area contributed by atoms with Crippen LogP contribution in [0.25, 0.3) is 0 Å². The molecule has 1 unspecified atom stereocenters. The predicted octanol–water partition coefficient (Wildman–Crippen LogP) is -2.03. The lowest BCUT2D eigenvalue weighted by molar-refractivity contribution is -0.146. The van der Waals surface area contributed by atoms with Crippen molar-refractivity contribution in [2.75, 3.05) is 38.2 Å². The van der Waals surface area contributed by atoms with Gasteiger partial charge in [-0.3, -0.25) is 9.59 Å². The number of amides is 2. The van der Waals surface area contributed by atoms with Crippen LogP contribution in [0.2, 0.25) is 0 Å². The Morgan fingerprint density at radius 2 is 1.89 bits per heavy atom. The molecule has 2 amide bonds. The van der Waals surface area contributed by atoms with E-state index in [1.54, 1.807) is 6.92 Å². The minimum atomic E-state index is -3.17. The molecule has 1 aliphatic heterocycles. The average molecular weight is 277 g/mol. The Morgan fingerprint density at radius 3 is 2.39 bits per heavy atom. The first-order chi connectivity index (χ1) is 8.29. The normalized spacial score (nSPS) is 18.2. The van der Waals surface area contributed by atoms with Crippen LogP contribution in [0.3, 0.4) is 0 Å². The third-order valence-electron chi connectivity index (χ3n) is 2.53. The molecule has 1 aliphatic rings. The highest BCUT2D eigenvalue weighted by Gasteiger charge is 2.24. The Balaban J connectivity index is 2.46. The van der Waals surface area contributed by atoms with Crippen LogP contribution in [-0.4, -0.2) is 69.4 Å². The summed E-state index contributed by atoms with van der Waals surface area (Å²) in [6.07, 6.45) is 1.09. The first-order valence-electron chi connectivity index (χ1n) is 5.78. The van der Waals surface area contributed by atoms with Crippen molar-refractivity contribution in [2.45, 2.75) is 13.0 Å². The van der Waals surface area contributed by atoms with E-state index in [4.69, 9.17) is 0 Å². The third-order valence-corrected chi connectivity index (χ3v) is 3.63. The maximum atomic E-state index is 11.7. The molecule has 0 bridgehead atoms. The molecule has 0 radical (unpaired) electrons. The highest BCUT2D eigenvalue weighted by Crippen LogP contribution is 1.95. The van der Waals surface area contributed by atoms with Crippen LogP contribution in [0.4, 0.5) is 0 Å². The van der Waals surface area contributed by atoms with Gasteiger partial charge in [0.05, 0.1) is 5.75 Å². The van der Waals surface area contributed by atoms with Crippen LogP contribution in [0, 0.1) is 0 Å². The van der Waals surface area contributed by atoms with E-state index in [0.717, 1.165) is 6.26 Å². The predicted molar refractivity (Wildman–Crippen MR) is 66.8 cm³/mol. The lowest BCUT2D eigenvalue weighted by atomic mass is 10.3. The van der Waals surface area contributed by atoms with E-state index in [1.165, 1.54) is 4.90 Å². The number of sulfone groups is 1. The molecule has 1 atom stereocenters. The number of carbonyl (C=O) groups is 2. The molecule has 1 heterocycles. The summed E-state index contributed by atoms with van der Waals surface area (Å²) >= 11 is 0. The van der Waals surface area contributed by atoms with Crippen molar-refractivity contribution in [3.63, 3.8) is 0 Å². The van der Waals surface area contributed by atoms with E-state index >= 15 is 0 Å². The van der Waals surface area contributed by atoms with E-state index < -0.39 is 27.7 Å². The van der Waals surface area contributed by atoms with Crippen molar-refractivity contribution in [1.82, 2.24) is 15.5 Å². The molecule has 0 spiro atoms. The molecule has 0 saturated carbocycles. The van der Waals surface area contributed by atoms with E-state index in [9.17, 15) is 18.0 Å². The van der Waals surface area contributed by atoms with Gasteiger partial charge in [0.2, 0.25) is 0 Å². The van der Waals surface area contributed by atoms with Gasteiger partial charge in [-0.25, -0.2) is 8.42 Å². The third kappa shape index (κ3) is 5.01. The minimum absolute atomic E-state index is 0.173. The molecule has 7 nitrogen and oxygen atoms in total. The zero-order valence-corrected chi connectivity index (χ0v) is 11.4. The van der Waals surface area contributed by atoms with Gasteiger partial charge in [-0.2, -0.15) is 0 Å². The van der Waals surface area contributed by atoms with Crippen LogP contribution in [0.15, 0.2) is 0 Å². The van der Waals surface area contributed by atoms with Gasteiger partial charge in [-0.15, -0.1) is 0 Å². The van der Waals surface area contributed by atoms with Crippen LogP contribution in [0.5, 0.6) is 0 Å². The number of hydrogen-bond donors (Lipinski definition) is 2. The summed E-state index contributed by atoms with van der Waals surface area (Å²) < 4.78 is 22.1.